The van der Waals surface area contributed by atoms with Crippen molar-refractivity contribution in [2.75, 3.05) is 13.2 Å². The molecule has 0 radical (unpaired) electrons. The molecule has 0 heterocycles. The van der Waals surface area contributed by atoms with Gasteiger partial charge in [-0.15, -0.1) is 0 Å². The first-order valence-electron chi connectivity index (χ1n) is 34.3. The molecule has 5 nitrogen and oxygen atoms in total. The van der Waals surface area contributed by atoms with E-state index >= 15 is 0 Å². The van der Waals surface area contributed by atoms with E-state index in [2.05, 4.69) is 233 Å². The van der Waals surface area contributed by atoms with Crippen LogP contribution in [0, 0.1) is 0 Å². The highest BCUT2D eigenvalue weighted by atomic mass is 16.6. The molecule has 5 heteroatoms. The lowest BCUT2D eigenvalue weighted by Crippen LogP contribution is -2.28. The molecule has 478 valence electrons. The Morgan fingerprint density at radius 1 is 0.267 bits per heavy atom. The summed E-state index contributed by atoms with van der Waals surface area (Å²) in [4.78, 5) is 24.6. The van der Waals surface area contributed by atoms with Gasteiger partial charge < -0.3 is 14.6 Å². The van der Waals surface area contributed by atoms with Crippen LogP contribution in [0.25, 0.3) is 0 Å². The molecule has 0 rings (SSSR count). The molecule has 0 amide bonds. The summed E-state index contributed by atoms with van der Waals surface area (Å²) >= 11 is 0. The Morgan fingerprint density at radius 3 is 0.698 bits per heavy atom. The molecule has 0 fully saturated rings. The third-order valence-electron chi connectivity index (χ3n) is 13.8. The van der Waals surface area contributed by atoms with E-state index in [0.717, 1.165) is 173 Å². The van der Waals surface area contributed by atoms with Crippen LogP contribution in [-0.4, -0.2) is 36.4 Å². The van der Waals surface area contributed by atoms with Gasteiger partial charge in [-0.05, 0) is 154 Å². The third-order valence-corrected chi connectivity index (χ3v) is 13.8. The molecule has 1 N–H and O–H groups in total. The number of aliphatic hydroxyl groups is 1. The fourth-order valence-electron chi connectivity index (χ4n) is 8.72. The highest BCUT2D eigenvalue weighted by molar-refractivity contribution is 5.70. The van der Waals surface area contributed by atoms with Crippen molar-refractivity contribution in [3.8, 4) is 0 Å². The average molecular weight is 1180 g/mol. The fourth-order valence-corrected chi connectivity index (χ4v) is 8.72. The number of hydrogen-bond donors (Lipinski definition) is 1. The van der Waals surface area contributed by atoms with Crippen LogP contribution in [0.2, 0.25) is 0 Å². The summed E-state index contributed by atoms with van der Waals surface area (Å²) in [5.41, 5.74) is 0. The Hall–Kier alpha value is -5.78. The van der Waals surface area contributed by atoms with Crippen LogP contribution in [0.1, 0.15) is 258 Å². The van der Waals surface area contributed by atoms with Crippen LogP contribution in [0.3, 0.4) is 0 Å². The zero-order valence-corrected chi connectivity index (χ0v) is 54.7. The summed E-state index contributed by atoms with van der Waals surface area (Å²) in [6, 6.07) is 0. The van der Waals surface area contributed by atoms with Gasteiger partial charge in [-0.3, -0.25) is 9.59 Å². The van der Waals surface area contributed by atoms with Crippen LogP contribution in [0.5, 0.6) is 0 Å². The molecular weight excluding hydrogens is 1050 g/mol. The summed E-state index contributed by atoms with van der Waals surface area (Å²) in [6.45, 7) is 3.88. The molecule has 0 spiro atoms. The van der Waals surface area contributed by atoms with Crippen LogP contribution >= 0.6 is 0 Å². The maximum Gasteiger partial charge on any atom is 0.306 e. The number of unbranched alkanes of at least 4 members (excludes halogenated alkanes) is 16. The average Bonchev–Trinajstić information content (AvgIpc) is 3.55. The van der Waals surface area contributed by atoms with Crippen molar-refractivity contribution in [1.82, 2.24) is 0 Å². The van der Waals surface area contributed by atoms with Crippen LogP contribution in [-0.2, 0) is 19.1 Å². The monoisotopic (exact) mass is 1180 g/mol. The van der Waals surface area contributed by atoms with E-state index in [0.29, 0.717) is 12.8 Å². The summed E-state index contributed by atoms with van der Waals surface area (Å²) in [5, 5.41) is 9.70. The number of rotatable bonds is 60. The van der Waals surface area contributed by atoms with Gasteiger partial charge in [-0.1, -0.05) is 310 Å². The normalized spacial score (nSPS) is 13.7. The third kappa shape index (κ3) is 70.7. The summed E-state index contributed by atoms with van der Waals surface area (Å²) < 4.78 is 10.7. The summed E-state index contributed by atoms with van der Waals surface area (Å²) in [5.74, 6) is -0.630. The maximum absolute atomic E-state index is 12.4. The van der Waals surface area contributed by atoms with Gasteiger partial charge in [-0.25, -0.2) is 0 Å². The standard InChI is InChI=1S/C81H124O5/c1-3-5-7-9-11-13-15-17-19-21-23-25-27-29-31-33-35-37-38-39-40-41-42-44-46-48-50-52-54-56-58-60-62-64-66-68-70-72-74-76-81(84)86-79(77-82)78-85-80(83)75-73-71-69-67-65-63-61-59-57-55-53-51-49-47-45-43-36-34-32-30-28-26-24-22-20-18-16-14-12-10-8-6-4-2/h5-8,11-14,17-20,23-26,29-32,35-37,39-40,42-44,47-50,53,55,59,61,79,82H,3-4,9-10,15-16,21-22,27-28,33-34,38,41,45-46,51-52,54,56-58,60,62-78H2,1-2H3/b7-5-,8-6-,13-11-,14-12-,19-17-,20-18-,25-23-,26-24-,31-29-,32-30-,37-35-,40-39-,43-36-,44-42-,49-47-,50-48-,55-53-,61-59-. The molecular formula is C81H124O5. The molecule has 0 bridgehead atoms. The van der Waals surface area contributed by atoms with E-state index in [9.17, 15) is 14.7 Å². The van der Waals surface area contributed by atoms with Gasteiger partial charge in [0, 0.05) is 12.8 Å². The van der Waals surface area contributed by atoms with Crippen molar-refractivity contribution in [3.05, 3.63) is 219 Å². The van der Waals surface area contributed by atoms with E-state index in [1.54, 1.807) is 0 Å². The van der Waals surface area contributed by atoms with Crippen molar-refractivity contribution in [2.45, 2.75) is 264 Å². The highest BCUT2D eigenvalue weighted by Crippen LogP contribution is 2.14. The van der Waals surface area contributed by atoms with Gasteiger partial charge in [-0.2, -0.15) is 0 Å². The number of allylic oxidation sites excluding steroid dienone is 36. The minimum Gasteiger partial charge on any atom is -0.462 e. The minimum absolute atomic E-state index is 0.0912. The molecule has 0 aromatic heterocycles. The Balaban J connectivity index is 3.63. The largest absolute Gasteiger partial charge is 0.462 e. The Morgan fingerprint density at radius 2 is 0.465 bits per heavy atom. The molecule has 0 saturated carbocycles. The quantitative estimate of drug-likeness (QED) is 0.0373. The number of carbonyl (C=O) groups excluding carboxylic acids is 2. The van der Waals surface area contributed by atoms with E-state index in [1.807, 2.05) is 0 Å². The second-order valence-electron chi connectivity index (χ2n) is 21.8. The molecule has 0 aromatic carbocycles. The number of carbonyl (C=O) groups is 2. The minimum atomic E-state index is -0.801. The van der Waals surface area contributed by atoms with Crippen molar-refractivity contribution >= 4 is 11.9 Å². The molecule has 86 heavy (non-hydrogen) atoms. The number of hydrogen-bond acceptors (Lipinski definition) is 5. The van der Waals surface area contributed by atoms with Gasteiger partial charge in [0.05, 0.1) is 6.61 Å². The molecule has 0 aromatic rings. The first-order valence-corrected chi connectivity index (χ1v) is 34.3. The van der Waals surface area contributed by atoms with Gasteiger partial charge in [0.1, 0.15) is 6.61 Å². The lowest BCUT2D eigenvalue weighted by atomic mass is 10.0. The fraction of sp³-hybridized carbons (Fsp3) is 0.531. The smallest absolute Gasteiger partial charge is 0.306 e. The van der Waals surface area contributed by atoms with Crippen molar-refractivity contribution < 1.29 is 24.2 Å². The molecule has 0 aliphatic rings. The second kappa shape index (κ2) is 73.5. The Labute approximate surface area is 529 Å². The molecule has 0 saturated heterocycles. The highest BCUT2D eigenvalue weighted by Gasteiger charge is 2.16. The summed E-state index contributed by atoms with van der Waals surface area (Å²) in [7, 11) is 0. The number of ether oxygens (including phenoxy) is 2. The van der Waals surface area contributed by atoms with Crippen LogP contribution in [0.15, 0.2) is 219 Å². The molecule has 1 unspecified atom stereocenters. The first kappa shape index (κ1) is 80.2. The van der Waals surface area contributed by atoms with Crippen LogP contribution < -0.4 is 0 Å². The van der Waals surface area contributed by atoms with Crippen molar-refractivity contribution in [1.29, 1.82) is 0 Å². The molecule has 0 aliphatic carbocycles. The molecule has 0 aliphatic heterocycles. The van der Waals surface area contributed by atoms with Gasteiger partial charge in [0.2, 0.25) is 0 Å². The predicted molar refractivity (Wildman–Crippen MR) is 379 cm³/mol. The Bertz CT molecular complexity index is 2060. The van der Waals surface area contributed by atoms with E-state index in [-0.39, 0.29) is 25.2 Å². The molecule has 1 atom stereocenters. The maximum atomic E-state index is 12.4. The second-order valence-corrected chi connectivity index (χ2v) is 21.8. The van der Waals surface area contributed by atoms with E-state index in [1.165, 1.54) is 57.8 Å². The van der Waals surface area contributed by atoms with Crippen molar-refractivity contribution in [3.63, 3.8) is 0 Å². The van der Waals surface area contributed by atoms with E-state index < -0.39 is 6.10 Å². The van der Waals surface area contributed by atoms with Gasteiger partial charge in [0.25, 0.3) is 0 Å². The summed E-state index contributed by atoms with van der Waals surface area (Å²) in [6.07, 6.45) is 119. The van der Waals surface area contributed by atoms with Crippen LogP contribution in [0.4, 0.5) is 0 Å². The zero-order chi connectivity index (χ0) is 61.9. The zero-order valence-electron chi connectivity index (χ0n) is 54.7. The van der Waals surface area contributed by atoms with Gasteiger partial charge in [0.15, 0.2) is 6.10 Å². The topological polar surface area (TPSA) is 72.8 Å². The van der Waals surface area contributed by atoms with Gasteiger partial charge >= 0.3 is 11.9 Å². The first-order chi connectivity index (χ1) is 42.6. The lowest BCUT2D eigenvalue weighted by molar-refractivity contribution is -0.161. The van der Waals surface area contributed by atoms with Crippen molar-refractivity contribution in [2.24, 2.45) is 0 Å². The number of aliphatic hydroxyl groups excluding tert-OH is 1. The lowest BCUT2D eigenvalue weighted by Gasteiger charge is -2.15. The predicted octanol–water partition coefficient (Wildman–Crippen LogP) is 24.3. The van der Waals surface area contributed by atoms with E-state index in [4.69, 9.17) is 9.47 Å². The SMILES string of the molecule is CC/C=C\C/C=C\C/C=C\C/C=C\C/C=C\C/C=C\C/C=C\C/C=C\C/C=C\CCCCCCCCCCCCCC(=O)OC(CO)COC(=O)CCCCCCC/C=C\C/C=C\C/C=C\C/C=C\C/C=C\C/C=C\C/C=C\C/C=C\C/C=C\CC. The Kier molecular flexibility index (Phi) is 68.5. The number of esters is 2.